The Balaban J connectivity index is 1.82. The summed E-state index contributed by atoms with van der Waals surface area (Å²) in [6.07, 6.45) is 0.171. The van der Waals surface area contributed by atoms with Gasteiger partial charge in [-0.3, -0.25) is 9.69 Å². The van der Waals surface area contributed by atoms with Crippen LogP contribution in [0.3, 0.4) is 0 Å². The largest absolute Gasteiger partial charge is 0.465 e. The van der Waals surface area contributed by atoms with Crippen molar-refractivity contribution in [3.8, 4) is 0 Å². The number of methoxy groups -OCH3 is 1. The van der Waals surface area contributed by atoms with Crippen molar-refractivity contribution in [3.63, 3.8) is 0 Å². The van der Waals surface area contributed by atoms with Gasteiger partial charge >= 0.3 is 6.09 Å². The zero-order valence-electron chi connectivity index (χ0n) is 14.6. The Morgan fingerprint density at radius 2 is 2.04 bits per heavy atom. The zero-order valence-corrected chi connectivity index (χ0v) is 14.6. The molecule has 2 amide bonds. The zero-order chi connectivity index (χ0) is 17.5. The summed E-state index contributed by atoms with van der Waals surface area (Å²) in [5.74, 6) is -0.489. The van der Waals surface area contributed by atoms with E-state index in [4.69, 9.17) is 9.47 Å². The second-order valence-electron chi connectivity index (χ2n) is 6.42. The van der Waals surface area contributed by atoms with Crippen molar-refractivity contribution in [2.75, 3.05) is 53.0 Å². The maximum Gasteiger partial charge on any atom is 0.407 e. The number of hydrogen-bond donors (Lipinski definition) is 2. The summed E-state index contributed by atoms with van der Waals surface area (Å²) < 4.78 is 10.8. The minimum Gasteiger partial charge on any atom is -0.465 e. The number of nitrogens with one attached hydrogen (secondary N) is 1. The molecule has 0 aromatic rings. The number of likely N-dealkylation sites (tertiary alicyclic amines) is 1. The van der Waals surface area contributed by atoms with Crippen molar-refractivity contribution in [2.45, 2.75) is 31.9 Å². The summed E-state index contributed by atoms with van der Waals surface area (Å²) in [6.45, 7) is 6.94. The van der Waals surface area contributed by atoms with E-state index in [0.717, 1.165) is 45.7 Å². The van der Waals surface area contributed by atoms with E-state index in [1.807, 2.05) is 0 Å². The fraction of sp³-hybridized carbons (Fsp3) is 0.875. The Bertz CT molecular complexity index is 428. The van der Waals surface area contributed by atoms with E-state index in [-0.39, 0.29) is 11.9 Å². The van der Waals surface area contributed by atoms with Crippen molar-refractivity contribution in [1.82, 2.24) is 15.1 Å². The lowest BCUT2D eigenvalue weighted by molar-refractivity contribution is -0.130. The first kappa shape index (κ1) is 19.0. The number of hydrogen-bond acceptors (Lipinski definition) is 5. The van der Waals surface area contributed by atoms with Gasteiger partial charge in [0.25, 0.3) is 0 Å². The predicted octanol–water partition coefficient (Wildman–Crippen LogP) is 0.228. The number of nitrogens with zero attached hydrogens (tertiary/aromatic N) is 2. The minimum absolute atomic E-state index is 0.0904. The quantitative estimate of drug-likeness (QED) is 0.688. The molecule has 8 nitrogen and oxygen atoms in total. The van der Waals surface area contributed by atoms with Crippen molar-refractivity contribution in [3.05, 3.63) is 0 Å². The van der Waals surface area contributed by atoms with Crippen LogP contribution in [0, 0.1) is 5.92 Å². The molecule has 0 spiro atoms. The highest BCUT2D eigenvalue weighted by molar-refractivity contribution is 5.79. The van der Waals surface area contributed by atoms with Crippen LogP contribution in [0.2, 0.25) is 0 Å². The Morgan fingerprint density at radius 1 is 1.33 bits per heavy atom. The Labute approximate surface area is 143 Å². The first-order valence-electron chi connectivity index (χ1n) is 8.64. The molecule has 1 unspecified atom stereocenters. The van der Waals surface area contributed by atoms with E-state index >= 15 is 0 Å². The highest BCUT2D eigenvalue weighted by atomic mass is 16.5. The summed E-state index contributed by atoms with van der Waals surface area (Å²) >= 11 is 0. The van der Waals surface area contributed by atoms with Crippen molar-refractivity contribution in [1.29, 1.82) is 0 Å². The van der Waals surface area contributed by atoms with E-state index in [1.165, 1.54) is 4.90 Å². The molecule has 2 aliphatic rings. The second kappa shape index (κ2) is 9.19. The molecule has 3 atom stereocenters. The lowest BCUT2D eigenvalue weighted by atomic mass is 9.95. The van der Waals surface area contributed by atoms with Gasteiger partial charge < -0.3 is 24.8 Å². The van der Waals surface area contributed by atoms with Gasteiger partial charge in [0.05, 0.1) is 31.3 Å². The average molecular weight is 343 g/mol. The van der Waals surface area contributed by atoms with E-state index in [0.29, 0.717) is 13.1 Å². The summed E-state index contributed by atoms with van der Waals surface area (Å²) in [4.78, 5) is 27.4. The molecule has 2 heterocycles. The van der Waals surface area contributed by atoms with E-state index in [2.05, 4.69) is 10.2 Å². The SMILES string of the molecule is CO[C@H](C(C)C(=O)NCCN1CCOCC1)[C@@H]1CCCN1C(=O)O. The number of amides is 2. The maximum absolute atomic E-state index is 12.4. The van der Waals surface area contributed by atoms with E-state index < -0.39 is 18.1 Å². The van der Waals surface area contributed by atoms with Gasteiger partial charge in [-0.2, -0.15) is 0 Å². The van der Waals surface area contributed by atoms with Gasteiger partial charge in [0, 0.05) is 39.8 Å². The third-order valence-electron chi connectivity index (χ3n) is 4.93. The Kier molecular flexibility index (Phi) is 7.26. The normalized spacial score (nSPS) is 24.6. The van der Waals surface area contributed by atoms with Gasteiger partial charge in [-0.1, -0.05) is 6.92 Å². The van der Waals surface area contributed by atoms with Crippen LogP contribution in [0.15, 0.2) is 0 Å². The van der Waals surface area contributed by atoms with E-state index in [1.54, 1.807) is 14.0 Å². The molecule has 0 saturated carbocycles. The summed E-state index contributed by atoms with van der Waals surface area (Å²) in [7, 11) is 1.54. The van der Waals surface area contributed by atoms with Crippen LogP contribution in [0.4, 0.5) is 4.79 Å². The second-order valence-corrected chi connectivity index (χ2v) is 6.42. The molecular formula is C16H29N3O5. The first-order chi connectivity index (χ1) is 11.5. The summed E-state index contributed by atoms with van der Waals surface area (Å²) in [5.41, 5.74) is 0. The topological polar surface area (TPSA) is 91.3 Å². The van der Waals surface area contributed by atoms with Gasteiger partial charge in [-0.25, -0.2) is 4.79 Å². The molecule has 0 aromatic carbocycles. The first-order valence-corrected chi connectivity index (χ1v) is 8.64. The predicted molar refractivity (Wildman–Crippen MR) is 88.0 cm³/mol. The third-order valence-corrected chi connectivity index (χ3v) is 4.93. The van der Waals surface area contributed by atoms with Crippen LogP contribution < -0.4 is 5.32 Å². The van der Waals surface area contributed by atoms with Gasteiger partial charge in [0.2, 0.25) is 5.91 Å². The van der Waals surface area contributed by atoms with Crippen molar-refractivity contribution < 1.29 is 24.2 Å². The fourth-order valence-corrected chi connectivity index (χ4v) is 3.54. The highest BCUT2D eigenvalue weighted by Crippen LogP contribution is 2.26. The average Bonchev–Trinajstić information content (AvgIpc) is 3.06. The molecule has 2 fully saturated rings. The number of ether oxygens (including phenoxy) is 2. The number of rotatable bonds is 7. The van der Waals surface area contributed by atoms with Gasteiger partial charge in [-0.05, 0) is 12.8 Å². The Morgan fingerprint density at radius 3 is 2.67 bits per heavy atom. The van der Waals surface area contributed by atoms with Crippen molar-refractivity contribution in [2.24, 2.45) is 5.92 Å². The monoisotopic (exact) mass is 343 g/mol. The molecule has 24 heavy (non-hydrogen) atoms. The lowest BCUT2D eigenvalue weighted by Crippen LogP contribution is -2.50. The van der Waals surface area contributed by atoms with Crippen LogP contribution in [0.5, 0.6) is 0 Å². The molecule has 2 aliphatic heterocycles. The third kappa shape index (κ3) is 4.81. The number of morpholine rings is 1. The van der Waals surface area contributed by atoms with Crippen molar-refractivity contribution >= 4 is 12.0 Å². The lowest BCUT2D eigenvalue weighted by Gasteiger charge is -2.32. The smallest absolute Gasteiger partial charge is 0.407 e. The van der Waals surface area contributed by atoms with Gasteiger partial charge in [0.15, 0.2) is 0 Å². The van der Waals surface area contributed by atoms with Crippen LogP contribution in [-0.2, 0) is 14.3 Å². The molecule has 2 saturated heterocycles. The van der Waals surface area contributed by atoms with Crippen LogP contribution >= 0.6 is 0 Å². The molecule has 0 aliphatic carbocycles. The molecule has 2 N–H and O–H groups in total. The van der Waals surface area contributed by atoms with Crippen LogP contribution in [-0.4, -0.2) is 92.1 Å². The molecule has 0 aromatic heterocycles. The Hall–Kier alpha value is -1.38. The number of carboxylic acid groups (broad SMARTS) is 1. The van der Waals surface area contributed by atoms with Gasteiger partial charge in [-0.15, -0.1) is 0 Å². The highest BCUT2D eigenvalue weighted by Gasteiger charge is 2.39. The molecular weight excluding hydrogens is 314 g/mol. The standard InChI is InChI=1S/C16H29N3O5/c1-12(14(23-2)13-4-3-6-19(13)16(21)22)15(20)17-5-7-18-8-10-24-11-9-18/h12-14H,3-11H2,1-2H3,(H,17,20)(H,21,22)/t12?,13-,14+/m0/s1. The van der Waals surface area contributed by atoms with Crippen LogP contribution in [0.25, 0.3) is 0 Å². The minimum atomic E-state index is -0.945. The van der Waals surface area contributed by atoms with E-state index in [9.17, 15) is 14.7 Å². The molecule has 0 bridgehead atoms. The summed E-state index contributed by atoms with van der Waals surface area (Å²) in [5, 5.41) is 12.2. The molecule has 0 radical (unpaired) electrons. The number of carbonyl (C=O) groups excluding carboxylic acids is 1. The molecule has 2 rings (SSSR count). The molecule has 8 heteroatoms. The number of carbonyl (C=O) groups is 2. The molecule has 138 valence electrons. The van der Waals surface area contributed by atoms with Crippen LogP contribution in [0.1, 0.15) is 19.8 Å². The fourth-order valence-electron chi connectivity index (χ4n) is 3.54. The van der Waals surface area contributed by atoms with Gasteiger partial charge in [0.1, 0.15) is 0 Å². The summed E-state index contributed by atoms with van der Waals surface area (Å²) in [6, 6.07) is -0.257. The maximum atomic E-state index is 12.4.